The van der Waals surface area contributed by atoms with Crippen LogP contribution in [-0.2, 0) is 19.1 Å². The second-order valence-electron chi connectivity index (χ2n) is 6.11. The van der Waals surface area contributed by atoms with Crippen LogP contribution in [0.15, 0.2) is 0 Å². The van der Waals surface area contributed by atoms with E-state index in [2.05, 4.69) is 6.92 Å². The van der Waals surface area contributed by atoms with Crippen molar-refractivity contribution in [2.24, 2.45) is 17.3 Å². The van der Waals surface area contributed by atoms with E-state index in [0.29, 0.717) is 26.1 Å². The lowest BCUT2D eigenvalue weighted by Crippen LogP contribution is -2.57. The molecule has 100 valence electrons. The summed E-state index contributed by atoms with van der Waals surface area (Å²) in [5.41, 5.74) is -0.491. The number of ketones is 2. The van der Waals surface area contributed by atoms with Crippen molar-refractivity contribution in [1.82, 2.24) is 0 Å². The van der Waals surface area contributed by atoms with Crippen LogP contribution in [0.25, 0.3) is 0 Å². The van der Waals surface area contributed by atoms with Crippen LogP contribution in [0.3, 0.4) is 0 Å². The number of hydrogen-bond donors (Lipinski definition) is 0. The molecule has 0 radical (unpaired) electrons. The second kappa shape index (κ2) is 3.87. The minimum atomic E-state index is -0.495. The normalized spacial score (nSPS) is 43.2. The first-order valence-corrected chi connectivity index (χ1v) is 6.85. The van der Waals surface area contributed by atoms with Crippen molar-refractivity contribution in [1.29, 1.82) is 0 Å². The first kappa shape index (κ1) is 12.3. The number of hydrogen-bond acceptors (Lipinski definition) is 4. The maximum absolute atomic E-state index is 12.2. The van der Waals surface area contributed by atoms with E-state index in [1.54, 1.807) is 0 Å². The Morgan fingerprint density at radius 2 is 1.83 bits per heavy atom. The van der Waals surface area contributed by atoms with E-state index in [1.807, 2.05) is 6.92 Å². The molecule has 1 spiro atoms. The smallest absolute Gasteiger partial charge is 0.204 e. The van der Waals surface area contributed by atoms with Crippen LogP contribution in [-0.4, -0.2) is 30.6 Å². The van der Waals surface area contributed by atoms with Crippen LogP contribution >= 0.6 is 0 Å². The molecule has 1 aliphatic heterocycles. The third-order valence-electron chi connectivity index (χ3n) is 5.34. The zero-order valence-corrected chi connectivity index (χ0v) is 11.0. The van der Waals surface area contributed by atoms with Crippen LogP contribution < -0.4 is 0 Å². The Morgan fingerprint density at radius 3 is 2.50 bits per heavy atom. The Kier molecular flexibility index (Phi) is 2.65. The van der Waals surface area contributed by atoms with E-state index in [0.717, 1.165) is 12.8 Å². The predicted molar refractivity (Wildman–Crippen MR) is 63.9 cm³/mol. The predicted octanol–water partition coefficient (Wildman–Crippen LogP) is 1.71. The lowest BCUT2D eigenvalue weighted by atomic mass is 9.54. The van der Waals surface area contributed by atoms with Gasteiger partial charge in [0.25, 0.3) is 0 Å². The molecular formula is C14H20O4. The lowest BCUT2D eigenvalue weighted by molar-refractivity contribution is -0.242. The monoisotopic (exact) mass is 252 g/mol. The van der Waals surface area contributed by atoms with E-state index < -0.39 is 11.2 Å². The second-order valence-corrected chi connectivity index (χ2v) is 6.11. The molecule has 0 amide bonds. The highest BCUT2D eigenvalue weighted by Crippen LogP contribution is 2.55. The van der Waals surface area contributed by atoms with Crippen molar-refractivity contribution in [3.05, 3.63) is 0 Å². The summed E-state index contributed by atoms with van der Waals surface area (Å²) < 4.78 is 11.7. The molecule has 0 N–H and O–H groups in total. The van der Waals surface area contributed by atoms with E-state index >= 15 is 0 Å². The summed E-state index contributed by atoms with van der Waals surface area (Å²) in [5, 5.41) is 0. The topological polar surface area (TPSA) is 52.6 Å². The summed E-state index contributed by atoms with van der Waals surface area (Å²) >= 11 is 0. The Hall–Kier alpha value is -0.740. The number of carbonyl (C=O) groups is 2. The highest BCUT2D eigenvalue weighted by atomic mass is 16.7. The molecule has 1 heterocycles. The molecule has 0 aromatic heterocycles. The van der Waals surface area contributed by atoms with Gasteiger partial charge in [0.15, 0.2) is 11.6 Å². The maximum Gasteiger partial charge on any atom is 0.204 e. The number of Topliss-reactive ketones (excluding diaryl/α,β-unsaturated/α-hetero) is 2. The van der Waals surface area contributed by atoms with Gasteiger partial charge in [0, 0.05) is 24.2 Å². The van der Waals surface area contributed by atoms with Crippen molar-refractivity contribution in [3.8, 4) is 0 Å². The molecule has 4 heteroatoms. The molecule has 3 atom stereocenters. The molecule has 3 fully saturated rings. The van der Waals surface area contributed by atoms with Crippen LogP contribution in [0, 0.1) is 17.3 Å². The minimum Gasteiger partial charge on any atom is -0.347 e. The SMILES string of the molecule is C[C@H]1[C@@H]2CCC(=O)C(=O)[C@@]2(C)CCC12OCCO2. The third kappa shape index (κ3) is 1.45. The Balaban J connectivity index is 1.92. The number of fused-ring (bicyclic) bond motifs is 1. The van der Waals surface area contributed by atoms with E-state index in [4.69, 9.17) is 9.47 Å². The molecule has 2 saturated carbocycles. The summed E-state index contributed by atoms with van der Waals surface area (Å²) in [6.07, 6.45) is 2.60. The third-order valence-corrected chi connectivity index (χ3v) is 5.34. The van der Waals surface area contributed by atoms with Gasteiger partial charge in [-0.2, -0.15) is 0 Å². The molecule has 4 nitrogen and oxygen atoms in total. The van der Waals surface area contributed by atoms with Crippen LogP contribution in [0.5, 0.6) is 0 Å². The van der Waals surface area contributed by atoms with Gasteiger partial charge in [-0.15, -0.1) is 0 Å². The molecule has 2 aliphatic carbocycles. The lowest BCUT2D eigenvalue weighted by Gasteiger charge is -2.52. The van der Waals surface area contributed by atoms with E-state index in [-0.39, 0.29) is 23.4 Å². The molecule has 18 heavy (non-hydrogen) atoms. The van der Waals surface area contributed by atoms with E-state index in [9.17, 15) is 9.59 Å². The standard InChI is InChI=1S/C14H20O4/c1-9-10-3-4-11(15)12(16)13(10,2)5-6-14(9)17-7-8-18-14/h9-10H,3-8H2,1-2H3/t9-,10-,13-/m0/s1. The Morgan fingerprint density at radius 1 is 1.17 bits per heavy atom. The van der Waals surface area contributed by atoms with Crippen molar-refractivity contribution in [2.45, 2.75) is 45.3 Å². The van der Waals surface area contributed by atoms with Gasteiger partial charge in [0.1, 0.15) is 0 Å². The summed E-state index contributed by atoms with van der Waals surface area (Å²) in [6, 6.07) is 0. The fourth-order valence-corrected chi connectivity index (χ4v) is 4.15. The summed E-state index contributed by atoms with van der Waals surface area (Å²) in [7, 11) is 0. The number of rotatable bonds is 0. The first-order chi connectivity index (χ1) is 8.50. The molecule has 3 aliphatic rings. The Labute approximate surface area is 107 Å². The minimum absolute atomic E-state index is 0.168. The maximum atomic E-state index is 12.2. The average Bonchev–Trinajstić information content (AvgIpc) is 2.82. The molecular weight excluding hydrogens is 232 g/mol. The van der Waals surface area contributed by atoms with Gasteiger partial charge in [-0.3, -0.25) is 9.59 Å². The number of ether oxygens (including phenoxy) is 2. The van der Waals surface area contributed by atoms with Crippen molar-refractivity contribution in [2.75, 3.05) is 13.2 Å². The van der Waals surface area contributed by atoms with Gasteiger partial charge < -0.3 is 9.47 Å². The van der Waals surface area contributed by atoms with Crippen LogP contribution in [0.4, 0.5) is 0 Å². The molecule has 0 aromatic carbocycles. The molecule has 0 aromatic rings. The Bertz CT molecular complexity index is 397. The van der Waals surface area contributed by atoms with Crippen molar-refractivity contribution >= 4 is 11.6 Å². The van der Waals surface area contributed by atoms with Crippen LogP contribution in [0.1, 0.15) is 39.5 Å². The number of carbonyl (C=O) groups excluding carboxylic acids is 2. The highest BCUT2D eigenvalue weighted by Gasteiger charge is 2.59. The van der Waals surface area contributed by atoms with Crippen molar-refractivity contribution in [3.63, 3.8) is 0 Å². The zero-order chi connectivity index (χ0) is 13.0. The summed E-state index contributed by atoms with van der Waals surface area (Å²) in [6.45, 7) is 5.34. The largest absolute Gasteiger partial charge is 0.347 e. The molecule has 0 unspecified atom stereocenters. The fraction of sp³-hybridized carbons (Fsp3) is 0.857. The molecule has 1 saturated heterocycles. The molecule has 3 rings (SSSR count). The van der Waals surface area contributed by atoms with Gasteiger partial charge in [-0.25, -0.2) is 0 Å². The summed E-state index contributed by atoms with van der Waals surface area (Å²) in [5.74, 6) is -0.473. The van der Waals surface area contributed by atoms with Gasteiger partial charge in [0.05, 0.1) is 13.2 Å². The summed E-state index contributed by atoms with van der Waals surface area (Å²) in [4.78, 5) is 23.9. The molecule has 0 bridgehead atoms. The van der Waals surface area contributed by atoms with Gasteiger partial charge >= 0.3 is 0 Å². The fourth-order valence-electron chi connectivity index (χ4n) is 4.15. The van der Waals surface area contributed by atoms with Crippen LogP contribution in [0.2, 0.25) is 0 Å². The van der Waals surface area contributed by atoms with E-state index in [1.165, 1.54) is 0 Å². The first-order valence-electron chi connectivity index (χ1n) is 6.85. The quantitative estimate of drug-likeness (QED) is 0.616. The zero-order valence-electron chi connectivity index (χ0n) is 11.0. The highest BCUT2D eigenvalue weighted by molar-refractivity contribution is 6.39. The van der Waals surface area contributed by atoms with Gasteiger partial charge in [-0.05, 0) is 18.8 Å². The van der Waals surface area contributed by atoms with Gasteiger partial charge in [-0.1, -0.05) is 13.8 Å². The van der Waals surface area contributed by atoms with Gasteiger partial charge in [0.2, 0.25) is 5.78 Å². The average molecular weight is 252 g/mol. The van der Waals surface area contributed by atoms with Crippen molar-refractivity contribution < 1.29 is 19.1 Å².